The van der Waals surface area contributed by atoms with Gasteiger partial charge in [0.15, 0.2) is 0 Å². The summed E-state index contributed by atoms with van der Waals surface area (Å²) in [5, 5.41) is 3.33. The van der Waals surface area contributed by atoms with Gasteiger partial charge in [-0.2, -0.15) is 0 Å². The Morgan fingerprint density at radius 1 is 1.31 bits per heavy atom. The van der Waals surface area contributed by atoms with Gasteiger partial charge < -0.3 is 10.2 Å². The van der Waals surface area contributed by atoms with Crippen LogP contribution in [-0.4, -0.2) is 37.0 Å². The molecule has 1 amide bonds. The maximum Gasteiger partial charge on any atom is 0.226 e. The minimum atomic E-state index is 0.256. The molecule has 2 aliphatic heterocycles. The Morgan fingerprint density at radius 2 is 2.06 bits per heavy atom. The molecule has 0 aromatic carbocycles. The number of amides is 1. The van der Waals surface area contributed by atoms with E-state index in [1.54, 1.807) is 0 Å². The summed E-state index contributed by atoms with van der Waals surface area (Å²) >= 11 is 0. The van der Waals surface area contributed by atoms with E-state index < -0.39 is 0 Å². The summed E-state index contributed by atoms with van der Waals surface area (Å²) < 4.78 is 0. The summed E-state index contributed by atoms with van der Waals surface area (Å²) in [6.45, 7) is 6.23. The van der Waals surface area contributed by atoms with Crippen molar-refractivity contribution in [2.75, 3.05) is 26.2 Å². The lowest BCUT2D eigenvalue weighted by atomic mass is 9.92. The van der Waals surface area contributed by atoms with Gasteiger partial charge in [0.1, 0.15) is 0 Å². The summed E-state index contributed by atoms with van der Waals surface area (Å²) in [6, 6.07) is 0. The predicted molar refractivity (Wildman–Crippen MR) is 65.2 cm³/mol. The lowest BCUT2D eigenvalue weighted by Gasteiger charge is -2.35. The molecule has 2 heterocycles. The van der Waals surface area contributed by atoms with Crippen LogP contribution in [-0.2, 0) is 4.79 Å². The number of nitrogens with one attached hydrogen (secondary N) is 1. The van der Waals surface area contributed by atoms with E-state index in [4.69, 9.17) is 0 Å². The summed E-state index contributed by atoms with van der Waals surface area (Å²) in [7, 11) is 0. The molecule has 2 aliphatic rings. The topological polar surface area (TPSA) is 32.3 Å². The molecule has 1 N–H and O–H groups in total. The highest BCUT2D eigenvalue weighted by Gasteiger charge is 2.28. The molecule has 3 nitrogen and oxygen atoms in total. The highest BCUT2D eigenvalue weighted by molar-refractivity contribution is 5.79. The van der Waals surface area contributed by atoms with Crippen molar-refractivity contribution >= 4 is 5.91 Å². The first-order chi connectivity index (χ1) is 7.81. The summed E-state index contributed by atoms with van der Waals surface area (Å²) in [5.74, 6) is 1.52. The van der Waals surface area contributed by atoms with Gasteiger partial charge in [0.25, 0.3) is 0 Å². The molecular formula is C13H24N2O. The number of piperidine rings is 2. The lowest BCUT2D eigenvalue weighted by Crippen LogP contribution is -2.46. The second-order valence-electron chi connectivity index (χ2n) is 5.22. The maximum atomic E-state index is 12.2. The number of hydrogen-bond acceptors (Lipinski definition) is 2. The largest absolute Gasteiger partial charge is 0.342 e. The number of rotatable bonds is 2. The zero-order chi connectivity index (χ0) is 11.4. The SMILES string of the molecule is CCC1CCN(C(=O)[C@H]2CCCNC2)CC1. The van der Waals surface area contributed by atoms with Gasteiger partial charge in [-0.05, 0) is 38.1 Å². The average Bonchev–Trinajstić information content (AvgIpc) is 2.39. The van der Waals surface area contributed by atoms with Crippen molar-refractivity contribution in [3.05, 3.63) is 0 Å². The normalized spacial score (nSPS) is 28.1. The highest BCUT2D eigenvalue weighted by Crippen LogP contribution is 2.22. The molecule has 0 radical (unpaired) electrons. The van der Waals surface area contributed by atoms with E-state index in [0.717, 1.165) is 44.9 Å². The molecule has 16 heavy (non-hydrogen) atoms. The van der Waals surface area contributed by atoms with Gasteiger partial charge in [-0.3, -0.25) is 4.79 Å². The van der Waals surface area contributed by atoms with Crippen LogP contribution in [0.25, 0.3) is 0 Å². The first kappa shape index (κ1) is 11.9. The number of nitrogens with zero attached hydrogens (tertiary/aromatic N) is 1. The van der Waals surface area contributed by atoms with Crippen LogP contribution < -0.4 is 5.32 Å². The van der Waals surface area contributed by atoms with Crippen molar-refractivity contribution in [1.82, 2.24) is 10.2 Å². The van der Waals surface area contributed by atoms with Crippen LogP contribution in [0.2, 0.25) is 0 Å². The van der Waals surface area contributed by atoms with Crippen LogP contribution in [0.1, 0.15) is 39.0 Å². The average molecular weight is 224 g/mol. The zero-order valence-electron chi connectivity index (χ0n) is 10.4. The third kappa shape index (κ3) is 2.76. The molecule has 3 heteroatoms. The molecule has 0 aliphatic carbocycles. The first-order valence-electron chi connectivity index (χ1n) is 6.80. The molecule has 92 valence electrons. The second kappa shape index (κ2) is 5.67. The Kier molecular flexibility index (Phi) is 4.22. The van der Waals surface area contributed by atoms with Crippen molar-refractivity contribution in [2.45, 2.75) is 39.0 Å². The Hall–Kier alpha value is -0.570. The Bertz CT molecular complexity index is 228. The number of carbonyl (C=O) groups excluding carboxylic acids is 1. The van der Waals surface area contributed by atoms with E-state index >= 15 is 0 Å². The predicted octanol–water partition coefficient (Wildman–Crippen LogP) is 1.63. The van der Waals surface area contributed by atoms with Crippen LogP contribution in [0.5, 0.6) is 0 Å². The molecule has 2 fully saturated rings. The van der Waals surface area contributed by atoms with E-state index in [1.165, 1.54) is 19.3 Å². The van der Waals surface area contributed by atoms with E-state index in [2.05, 4.69) is 17.1 Å². The monoisotopic (exact) mass is 224 g/mol. The summed E-state index contributed by atoms with van der Waals surface area (Å²) in [6.07, 6.45) is 5.93. The smallest absolute Gasteiger partial charge is 0.226 e. The van der Waals surface area contributed by atoms with Gasteiger partial charge in [-0.15, -0.1) is 0 Å². The van der Waals surface area contributed by atoms with Crippen molar-refractivity contribution in [3.8, 4) is 0 Å². The van der Waals surface area contributed by atoms with Gasteiger partial charge in [-0.1, -0.05) is 13.3 Å². The van der Waals surface area contributed by atoms with Crippen LogP contribution in [0.15, 0.2) is 0 Å². The Morgan fingerprint density at radius 3 is 2.62 bits per heavy atom. The van der Waals surface area contributed by atoms with Crippen LogP contribution in [0, 0.1) is 11.8 Å². The molecule has 0 aromatic heterocycles. The maximum absolute atomic E-state index is 12.2. The van der Waals surface area contributed by atoms with E-state index in [1.807, 2.05) is 0 Å². The minimum Gasteiger partial charge on any atom is -0.342 e. The summed E-state index contributed by atoms with van der Waals surface area (Å²) in [5.41, 5.74) is 0. The third-order valence-electron chi connectivity index (χ3n) is 4.15. The lowest BCUT2D eigenvalue weighted by molar-refractivity contribution is -0.137. The zero-order valence-corrected chi connectivity index (χ0v) is 10.4. The van der Waals surface area contributed by atoms with Crippen LogP contribution in [0.4, 0.5) is 0 Å². The van der Waals surface area contributed by atoms with Crippen molar-refractivity contribution < 1.29 is 4.79 Å². The minimum absolute atomic E-state index is 0.256. The van der Waals surface area contributed by atoms with Crippen molar-refractivity contribution in [3.63, 3.8) is 0 Å². The van der Waals surface area contributed by atoms with Crippen molar-refractivity contribution in [2.24, 2.45) is 11.8 Å². The first-order valence-corrected chi connectivity index (χ1v) is 6.80. The Labute approximate surface area is 98.6 Å². The number of carbonyl (C=O) groups is 1. The molecule has 1 atom stereocenters. The van der Waals surface area contributed by atoms with Gasteiger partial charge >= 0.3 is 0 Å². The molecule has 2 saturated heterocycles. The molecule has 0 spiro atoms. The fourth-order valence-electron chi connectivity index (χ4n) is 2.88. The fraction of sp³-hybridized carbons (Fsp3) is 0.923. The quantitative estimate of drug-likeness (QED) is 0.773. The molecule has 0 unspecified atom stereocenters. The van der Waals surface area contributed by atoms with E-state index in [0.29, 0.717) is 5.91 Å². The van der Waals surface area contributed by atoms with Crippen molar-refractivity contribution in [1.29, 1.82) is 0 Å². The molecular weight excluding hydrogens is 200 g/mol. The van der Waals surface area contributed by atoms with Gasteiger partial charge in [0.05, 0.1) is 5.92 Å². The number of likely N-dealkylation sites (tertiary alicyclic amines) is 1. The number of hydrogen-bond donors (Lipinski definition) is 1. The van der Waals surface area contributed by atoms with Crippen LogP contribution >= 0.6 is 0 Å². The second-order valence-corrected chi connectivity index (χ2v) is 5.22. The summed E-state index contributed by atoms with van der Waals surface area (Å²) in [4.78, 5) is 14.3. The van der Waals surface area contributed by atoms with Gasteiger partial charge in [0, 0.05) is 19.6 Å². The standard InChI is InChI=1S/C13H24N2O/c1-2-11-5-8-15(9-6-11)13(16)12-4-3-7-14-10-12/h11-12,14H,2-10H2,1H3/t12-/m0/s1. The Balaban J connectivity index is 1.81. The highest BCUT2D eigenvalue weighted by atomic mass is 16.2. The molecule has 0 saturated carbocycles. The van der Waals surface area contributed by atoms with Crippen LogP contribution in [0.3, 0.4) is 0 Å². The molecule has 2 rings (SSSR count). The molecule has 0 aromatic rings. The van der Waals surface area contributed by atoms with E-state index in [-0.39, 0.29) is 5.92 Å². The van der Waals surface area contributed by atoms with E-state index in [9.17, 15) is 4.79 Å². The molecule has 0 bridgehead atoms. The van der Waals surface area contributed by atoms with Gasteiger partial charge in [-0.25, -0.2) is 0 Å². The fourth-order valence-corrected chi connectivity index (χ4v) is 2.88. The third-order valence-corrected chi connectivity index (χ3v) is 4.15. The van der Waals surface area contributed by atoms with Gasteiger partial charge in [0.2, 0.25) is 5.91 Å².